The van der Waals surface area contributed by atoms with Crippen LogP contribution >= 0.6 is 11.6 Å². The molecule has 5 aromatic rings. The van der Waals surface area contributed by atoms with E-state index in [0.29, 0.717) is 5.02 Å². The molecule has 0 radical (unpaired) electrons. The molecule has 0 saturated heterocycles. The van der Waals surface area contributed by atoms with Gasteiger partial charge in [0.05, 0.1) is 23.8 Å². The average molecular weight is 400 g/mol. The molecule has 0 aliphatic rings. The van der Waals surface area contributed by atoms with E-state index in [1.807, 2.05) is 53.3 Å². The number of aryl methyl sites for hydroxylation is 1. The van der Waals surface area contributed by atoms with Gasteiger partial charge in [-0.3, -0.25) is 4.98 Å². The van der Waals surface area contributed by atoms with Crippen LogP contribution in [0.3, 0.4) is 0 Å². The normalized spacial score (nSPS) is 11.3. The van der Waals surface area contributed by atoms with Crippen LogP contribution in [0.15, 0.2) is 72.9 Å². The van der Waals surface area contributed by atoms with Gasteiger partial charge in [-0.15, -0.1) is 0 Å². The lowest BCUT2D eigenvalue weighted by Gasteiger charge is -2.07. The molecule has 5 rings (SSSR count). The molecule has 0 aliphatic carbocycles. The Kier molecular flexibility index (Phi) is 4.22. The monoisotopic (exact) mass is 399 g/mol. The maximum atomic E-state index is 6.09. The number of methoxy groups -OCH3 is 1. The van der Waals surface area contributed by atoms with Crippen molar-refractivity contribution in [2.75, 3.05) is 7.11 Å². The van der Waals surface area contributed by atoms with Crippen molar-refractivity contribution in [2.45, 2.75) is 6.92 Å². The standard InChI is InChI=1S/C24H18ClN3O/c1-15-3-9-18(10-4-15)28-24-20-13-19(29-2)11-12-22(20)26-14-21(24)23(27-28)16-5-7-17(25)8-6-16/h3-14H,1-2H3. The van der Waals surface area contributed by atoms with Crippen molar-refractivity contribution in [1.29, 1.82) is 0 Å². The molecule has 5 heteroatoms. The van der Waals surface area contributed by atoms with Crippen LogP contribution in [0.2, 0.25) is 5.02 Å². The zero-order chi connectivity index (χ0) is 20.0. The van der Waals surface area contributed by atoms with E-state index in [1.165, 1.54) is 5.56 Å². The lowest BCUT2D eigenvalue weighted by molar-refractivity contribution is 0.415. The highest BCUT2D eigenvalue weighted by Crippen LogP contribution is 2.35. The van der Waals surface area contributed by atoms with Crippen LogP contribution < -0.4 is 4.74 Å². The van der Waals surface area contributed by atoms with Crippen molar-refractivity contribution >= 4 is 33.4 Å². The van der Waals surface area contributed by atoms with Gasteiger partial charge < -0.3 is 4.74 Å². The first-order valence-corrected chi connectivity index (χ1v) is 9.70. The largest absolute Gasteiger partial charge is 0.497 e. The van der Waals surface area contributed by atoms with Gasteiger partial charge in [0.1, 0.15) is 11.4 Å². The topological polar surface area (TPSA) is 39.9 Å². The van der Waals surface area contributed by atoms with Crippen molar-refractivity contribution in [1.82, 2.24) is 14.8 Å². The van der Waals surface area contributed by atoms with Gasteiger partial charge in [0.15, 0.2) is 0 Å². The average Bonchev–Trinajstić information content (AvgIpc) is 3.14. The van der Waals surface area contributed by atoms with Crippen LogP contribution in [0.4, 0.5) is 0 Å². The van der Waals surface area contributed by atoms with E-state index in [2.05, 4.69) is 36.2 Å². The highest BCUT2D eigenvalue weighted by atomic mass is 35.5. The Hall–Kier alpha value is -3.37. The first kappa shape index (κ1) is 17.7. The van der Waals surface area contributed by atoms with Crippen LogP contribution in [-0.4, -0.2) is 21.9 Å². The Morgan fingerprint density at radius 3 is 2.38 bits per heavy atom. The maximum Gasteiger partial charge on any atom is 0.119 e. The third-order valence-electron chi connectivity index (χ3n) is 5.11. The fourth-order valence-corrected chi connectivity index (χ4v) is 3.71. The zero-order valence-electron chi connectivity index (χ0n) is 16.1. The van der Waals surface area contributed by atoms with E-state index in [9.17, 15) is 0 Å². The van der Waals surface area contributed by atoms with Gasteiger partial charge in [0.2, 0.25) is 0 Å². The molecule has 0 amide bonds. The number of pyridine rings is 1. The molecule has 3 aromatic carbocycles. The molecule has 4 nitrogen and oxygen atoms in total. The number of hydrogen-bond donors (Lipinski definition) is 0. The number of rotatable bonds is 3. The molecular weight excluding hydrogens is 382 g/mol. The Balaban J connectivity index is 1.88. The second kappa shape index (κ2) is 6.90. The molecule has 0 fully saturated rings. The van der Waals surface area contributed by atoms with Crippen LogP contribution in [0, 0.1) is 6.92 Å². The van der Waals surface area contributed by atoms with Crippen molar-refractivity contribution in [3.8, 4) is 22.7 Å². The summed E-state index contributed by atoms with van der Waals surface area (Å²) in [5, 5.41) is 7.66. The SMILES string of the molecule is COc1ccc2ncc3c(-c4ccc(Cl)cc4)nn(-c4ccc(C)cc4)c3c2c1. The van der Waals surface area contributed by atoms with Crippen LogP contribution in [-0.2, 0) is 0 Å². The molecule has 0 spiro atoms. The Bertz CT molecular complexity index is 1340. The van der Waals surface area contributed by atoms with Crippen LogP contribution in [0.1, 0.15) is 5.56 Å². The van der Waals surface area contributed by atoms with Crippen molar-refractivity contribution in [3.05, 3.63) is 83.5 Å². The quantitative estimate of drug-likeness (QED) is 0.362. The van der Waals surface area contributed by atoms with Gasteiger partial charge in [-0.2, -0.15) is 5.10 Å². The fourth-order valence-electron chi connectivity index (χ4n) is 3.58. The molecule has 142 valence electrons. The number of nitrogens with zero attached hydrogens (tertiary/aromatic N) is 3. The predicted molar refractivity (Wildman–Crippen MR) is 118 cm³/mol. The van der Waals surface area contributed by atoms with Crippen molar-refractivity contribution in [3.63, 3.8) is 0 Å². The van der Waals surface area contributed by atoms with E-state index in [0.717, 1.165) is 44.5 Å². The minimum Gasteiger partial charge on any atom is -0.497 e. The lowest BCUT2D eigenvalue weighted by Crippen LogP contribution is -1.97. The minimum atomic E-state index is 0.698. The molecule has 0 N–H and O–H groups in total. The van der Waals surface area contributed by atoms with Crippen LogP contribution in [0.25, 0.3) is 38.8 Å². The van der Waals surface area contributed by atoms with Gasteiger partial charge in [0, 0.05) is 27.6 Å². The van der Waals surface area contributed by atoms with E-state index in [-0.39, 0.29) is 0 Å². The van der Waals surface area contributed by atoms with E-state index in [4.69, 9.17) is 21.4 Å². The fraction of sp³-hybridized carbons (Fsp3) is 0.0833. The third kappa shape index (κ3) is 3.02. The first-order chi connectivity index (χ1) is 14.1. The number of aromatic nitrogens is 3. The molecule has 0 saturated carbocycles. The minimum absolute atomic E-state index is 0.698. The summed E-state index contributed by atoms with van der Waals surface area (Å²) in [6.45, 7) is 2.08. The highest BCUT2D eigenvalue weighted by Gasteiger charge is 2.17. The van der Waals surface area contributed by atoms with E-state index < -0.39 is 0 Å². The summed E-state index contributed by atoms with van der Waals surface area (Å²) in [6, 6.07) is 22.0. The molecule has 2 aromatic heterocycles. The summed E-state index contributed by atoms with van der Waals surface area (Å²) in [7, 11) is 1.67. The Morgan fingerprint density at radius 1 is 0.897 bits per heavy atom. The predicted octanol–water partition coefficient (Wildman–Crippen LogP) is 6.21. The smallest absolute Gasteiger partial charge is 0.119 e. The maximum absolute atomic E-state index is 6.09. The first-order valence-electron chi connectivity index (χ1n) is 9.32. The molecule has 0 unspecified atom stereocenters. The lowest BCUT2D eigenvalue weighted by atomic mass is 10.1. The summed E-state index contributed by atoms with van der Waals surface area (Å²) in [4.78, 5) is 4.67. The van der Waals surface area contributed by atoms with Crippen molar-refractivity contribution in [2.24, 2.45) is 0 Å². The summed E-state index contributed by atoms with van der Waals surface area (Å²) in [6.07, 6.45) is 1.89. The Labute approximate surface area is 173 Å². The van der Waals surface area contributed by atoms with Gasteiger partial charge in [-0.1, -0.05) is 41.4 Å². The number of hydrogen-bond acceptors (Lipinski definition) is 3. The number of ether oxygens (including phenoxy) is 1. The summed E-state index contributed by atoms with van der Waals surface area (Å²) >= 11 is 6.09. The molecule has 0 bridgehead atoms. The number of fused-ring (bicyclic) bond motifs is 3. The molecule has 2 heterocycles. The Morgan fingerprint density at radius 2 is 1.66 bits per heavy atom. The second-order valence-electron chi connectivity index (χ2n) is 7.01. The highest BCUT2D eigenvalue weighted by molar-refractivity contribution is 6.30. The van der Waals surface area contributed by atoms with Gasteiger partial charge in [-0.25, -0.2) is 4.68 Å². The number of benzene rings is 3. The molecule has 0 aliphatic heterocycles. The molecule has 29 heavy (non-hydrogen) atoms. The van der Waals surface area contributed by atoms with Gasteiger partial charge in [0.25, 0.3) is 0 Å². The van der Waals surface area contributed by atoms with E-state index >= 15 is 0 Å². The summed E-state index contributed by atoms with van der Waals surface area (Å²) < 4.78 is 7.45. The second-order valence-corrected chi connectivity index (χ2v) is 7.44. The summed E-state index contributed by atoms with van der Waals surface area (Å²) in [5.74, 6) is 0.788. The third-order valence-corrected chi connectivity index (χ3v) is 5.36. The van der Waals surface area contributed by atoms with Crippen LogP contribution in [0.5, 0.6) is 5.75 Å². The van der Waals surface area contributed by atoms with Gasteiger partial charge in [-0.05, 0) is 49.4 Å². The molecular formula is C24H18ClN3O. The van der Waals surface area contributed by atoms with Crippen molar-refractivity contribution < 1.29 is 4.74 Å². The van der Waals surface area contributed by atoms with Gasteiger partial charge >= 0.3 is 0 Å². The number of halogens is 1. The van der Waals surface area contributed by atoms with E-state index in [1.54, 1.807) is 7.11 Å². The zero-order valence-corrected chi connectivity index (χ0v) is 16.8. The summed E-state index contributed by atoms with van der Waals surface area (Å²) in [5.41, 5.74) is 5.97. The molecule has 0 atom stereocenters.